The fourth-order valence-electron chi connectivity index (χ4n) is 13.3. The van der Waals surface area contributed by atoms with E-state index in [2.05, 4.69) is 69.2 Å². The smallest absolute Gasteiger partial charge is 0.0627 e. The summed E-state index contributed by atoms with van der Waals surface area (Å²) in [6, 6.07) is 0. The van der Waals surface area contributed by atoms with Crippen molar-refractivity contribution in [1.82, 2.24) is 0 Å². The average molecular weight is 485 g/mol. The van der Waals surface area contributed by atoms with E-state index in [0.29, 0.717) is 39.4 Å². The highest BCUT2D eigenvalue weighted by molar-refractivity contribution is 5.21. The summed E-state index contributed by atoms with van der Waals surface area (Å²) in [6.45, 7) is 25.9. The average Bonchev–Trinajstić information content (AvgIpc) is 2.79. The molecule has 0 amide bonds. The third kappa shape index (κ3) is 3.27. The molecule has 5 saturated carbocycles. The normalized spacial score (nSPS) is 59.6. The summed E-state index contributed by atoms with van der Waals surface area (Å²) in [7, 11) is 0. The first-order valence-corrected chi connectivity index (χ1v) is 15.9. The number of hydrogen-bond acceptors (Lipinski definition) is 1. The molecule has 0 radical (unpaired) electrons. The van der Waals surface area contributed by atoms with Gasteiger partial charge in [0.1, 0.15) is 0 Å². The lowest BCUT2D eigenvalue weighted by atomic mass is 9.29. The zero-order valence-electron chi connectivity index (χ0n) is 25.2. The molecule has 0 aromatic rings. The second-order valence-electron chi connectivity index (χ2n) is 16.6. The van der Waals surface area contributed by atoms with Gasteiger partial charge in [-0.25, -0.2) is 0 Å². The highest BCUT2D eigenvalue weighted by atomic mass is 16.3. The van der Waals surface area contributed by atoms with Crippen molar-refractivity contribution in [3.63, 3.8) is 0 Å². The fourth-order valence-corrected chi connectivity index (χ4v) is 13.3. The minimum atomic E-state index is -0.133. The molecule has 5 aliphatic carbocycles. The van der Waals surface area contributed by atoms with Crippen LogP contribution in [0.2, 0.25) is 0 Å². The van der Waals surface area contributed by atoms with E-state index in [1.165, 1.54) is 57.8 Å². The van der Waals surface area contributed by atoms with Gasteiger partial charge in [-0.2, -0.15) is 0 Å². The van der Waals surface area contributed by atoms with E-state index in [9.17, 15) is 5.11 Å². The lowest BCUT2D eigenvalue weighted by molar-refractivity contribution is -0.291. The van der Waals surface area contributed by atoms with Gasteiger partial charge in [0.05, 0.1) is 6.10 Å². The first-order chi connectivity index (χ1) is 16.2. The molecule has 0 bridgehead atoms. The van der Waals surface area contributed by atoms with Crippen molar-refractivity contribution in [2.75, 3.05) is 0 Å². The molecular formula is C34H60O. The van der Waals surface area contributed by atoms with E-state index in [1.807, 2.05) is 0 Å². The molecule has 13 atom stereocenters. The summed E-state index contributed by atoms with van der Waals surface area (Å²) >= 11 is 0. The molecular weight excluding hydrogens is 424 g/mol. The van der Waals surface area contributed by atoms with E-state index in [4.69, 9.17) is 0 Å². The van der Waals surface area contributed by atoms with Crippen LogP contribution in [-0.2, 0) is 0 Å². The standard InChI is InChI=1S/C34H60O/c1-11-23-20-33(9)26(34(10)28(23)30(5,6)19-24(12-2)29(34)35)14-13-25-27-22(4)21(3)15-16-31(27,7)17-18-32(25,33)8/h21-29,35H,11-20H2,1-10H3/t21-,22+,23?,24?,25-,26+,27+,28+,29?,31-,32-,33-,34-/m1/s1. The van der Waals surface area contributed by atoms with Gasteiger partial charge in [-0.15, -0.1) is 0 Å². The van der Waals surface area contributed by atoms with Crippen LogP contribution in [0.25, 0.3) is 0 Å². The van der Waals surface area contributed by atoms with Crippen molar-refractivity contribution in [1.29, 1.82) is 0 Å². The minimum absolute atomic E-state index is 0.0519. The Morgan fingerprint density at radius 1 is 0.743 bits per heavy atom. The van der Waals surface area contributed by atoms with Crippen molar-refractivity contribution in [2.24, 2.45) is 74.4 Å². The Kier molecular flexibility index (Phi) is 6.24. The minimum Gasteiger partial charge on any atom is -0.392 e. The van der Waals surface area contributed by atoms with Crippen LogP contribution in [0.15, 0.2) is 0 Å². The predicted octanol–water partition coefficient (Wildman–Crippen LogP) is 9.38. The van der Waals surface area contributed by atoms with E-state index >= 15 is 0 Å². The molecule has 1 N–H and O–H groups in total. The van der Waals surface area contributed by atoms with Gasteiger partial charge in [0.25, 0.3) is 0 Å². The molecule has 1 heteroatoms. The Bertz CT molecular complexity index is 815. The summed E-state index contributed by atoms with van der Waals surface area (Å²) < 4.78 is 0. The van der Waals surface area contributed by atoms with Crippen LogP contribution < -0.4 is 0 Å². The van der Waals surface area contributed by atoms with Crippen LogP contribution in [0.4, 0.5) is 0 Å². The van der Waals surface area contributed by atoms with Crippen LogP contribution in [0.5, 0.6) is 0 Å². The van der Waals surface area contributed by atoms with Crippen LogP contribution >= 0.6 is 0 Å². The highest BCUT2D eigenvalue weighted by Gasteiger charge is 2.72. The Balaban J connectivity index is 1.62. The largest absolute Gasteiger partial charge is 0.392 e. The van der Waals surface area contributed by atoms with Crippen LogP contribution in [-0.4, -0.2) is 11.2 Å². The van der Waals surface area contributed by atoms with Crippen LogP contribution in [0.1, 0.15) is 133 Å². The molecule has 35 heavy (non-hydrogen) atoms. The maximum absolute atomic E-state index is 12.2. The van der Waals surface area contributed by atoms with Crippen molar-refractivity contribution in [2.45, 2.75) is 140 Å². The Morgan fingerprint density at radius 3 is 2.03 bits per heavy atom. The molecule has 0 aliphatic heterocycles. The monoisotopic (exact) mass is 484 g/mol. The quantitative estimate of drug-likeness (QED) is 0.414. The van der Waals surface area contributed by atoms with Crippen molar-refractivity contribution >= 4 is 0 Å². The van der Waals surface area contributed by atoms with Gasteiger partial charge in [0.2, 0.25) is 0 Å². The Hall–Kier alpha value is -0.0400. The molecule has 5 aliphatic rings. The van der Waals surface area contributed by atoms with E-state index < -0.39 is 0 Å². The summed E-state index contributed by atoms with van der Waals surface area (Å²) in [5, 5.41) is 12.2. The number of fused-ring (bicyclic) bond motifs is 7. The van der Waals surface area contributed by atoms with Crippen LogP contribution in [0.3, 0.4) is 0 Å². The summed E-state index contributed by atoms with van der Waals surface area (Å²) in [4.78, 5) is 0. The molecule has 202 valence electrons. The maximum atomic E-state index is 12.2. The van der Waals surface area contributed by atoms with Gasteiger partial charge >= 0.3 is 0 Å². The van der Waals surface area contributed by atoms with Crippen molar-refractivity contribution in [3.8, 4) is 0 Å². The molecule has 0 aromatic carbocycles. The van der Waals surface area contributed by atoms with Gasteiger partial charge in [0, 0.05) is 5.41 Å². The summed E-state index contributed by atoms with van der Waals surface area (Å²) in [6.07, 6.45) is 13.4. The maximum Gasteiger partial charge on any atom is 0.0627 e. The third-order valence-corrected chi connectivity index (χ3v) is 15.1. The molecule has 0 saturated heterocycles. The number of aliphatic hydroxyl groups is 1. The third-order valence-electron chi connectivity index (χ3n) is 15.1. The first kappa shape index (κ1) is 26.6. The number of aliphatic hydroxyl groups excluding tert-OH is 1. The number of rotatable bonds is 2. The van der Waals surface area contributed by atoms with Gasteiger partial charge < -0.3 is 5.11 Å². The lowest BCUT2D eigenvalue weighted by Crippen LogP contribution is -2.71. The Labute approximate surface area is 219 Å². The molecule has 5 fully saturated rings. The number of hydrogen-bond donors (Lipinski definition) is 1. The van der Waals surface area contributed by atoms with Gasteiger partial charge in [-0.3, -0.25) is 0 Å². The SMILES string of the molecule is CCC1CC(C)(C)[C@@H]2C(CC)C[C@]3(C)[C@H](CC[C@@H]4[C@@H]5[C@@H](C)[C@H](C)CC[C@]5(C)CC[C@]43C)[C@@]2(C)C1O. The van der Waals surface area contributed by atoms with E-state index in [1.54, 1.807) is 0 Å². The molecule has 0 aromatic heterocycles. The summed E-state index contributed by atoms with van der Waals surface area (Å²) in [5.41, 5.74) is 1.69. The predicted molar refractivity (Wildman–Crippen MR) is 149 cm³/mol. The molecule has 5 rings (SSSR count). The zero-order valence-corrected chi connectivity index (χ0v) is 25.2. The van der Waals surface area contributed by atoms with Gasteiger partial charge in [0.15, 0.2) is 0 Å². The van der Waals surface area contributed by atoms with E-state index in [-0.39, 0.29) is 11.5 Å². The fraction of sp³-hybridized carbons (Fsp3) is 1.00. The van der Waals surface area contributed by atoms with Crippen LogP contribution in [0, 0.1) is 74.4 Å². The summed E-state index contributed by atoms with van der Waals surface area (Å²) in [5.74, 6) is 6.02. The lowest BCUT2D eigenvalue weighted by Gasteiger charge is -2.76. The second kappa shape index (κ2) is 8.23. The van der Waals surface area contributed by atoms with Crippen molar-refractivity contribution < 1.29 is 5.11 Å². The van der Waals surface area contributed by atoms with E-state index in [0.717, 1.165) is 36.0 Å². The molecule has 1 nitrogen and oxygen atoms in total. The molecule has 0 heterocycles. The molecule has 0 spiro atoms. The Morgan fingerprint density at radius 2 is 1.40 bits per heavy atom. The highest BCUT2D eigenvalue weighted by Crippen LogP contribution is 2.78. The first-order valence-electron chi connectivity index (χ1n) is 15.9. The zero-order chi connectivity index (χ0) is 25.8. The molecule has 3 unspecified atom stereocenters. The second-order valence-corrected chi connectivity index (χ2v) is 16.6. The van der Waals surface area contributed by atoms with Gasteiger partial charge in [-0.1, -0.05) is 82.1 Å². The topological polar surface area (TPSA) is 20.2 Å². The van der Waals surface area contributed by atoms with Crippen molar-refractivity contribution in [3.05, 3.63) is 0 Å². The van der Waals surface area contributed by atoms with Gasteiger partial charge in [-0.05, 0) is 120 Å².